The third kappa shape index (κ3) is 1.56. The van der Waals surface area contributed by atoms with E-state index in [1.54, 1.807) is 0 Å². The highest BCUT2D eigenvalue weighted by Crippen LogP contribution is 2.46. The molecule has 2 aliphatic heterocycles. The number of rotatable bonds is 0. The molecule has 0 saturated heterocycles. The molecule has 2 atom stereocenters. The predicted octanol–water partition coefficient (Wildman–Crippen LogP) is 3.96. The van der Waals surface area contributed by atoms with Crippen molar-refractivity contribution in [3.05, 3.63) is 69.2 Å². The van der Waals surface area contributed by atoms with E-state index in [1.807, 2.05) is 0 Å². The molecule has 0 fully saturated rings. The van der Waals surface area contributed by atoms with Crippen molar-refractivity contribution in [1.29, 1.82) is 0 Å². The Labute approximate surface area is 122 Å². The molecule has 3 aliphatic rings. The Hall–Kier alpha value is -1.12. The summed E-state index contributed by atoms with van der Waals surface area (Å²) >= 11 is 3.63. The van der Waals surface area contributed by atoms with E-state index in [-0.39, 0.29) is 5.41 Å². The highest BCUT2D eigenvalue weighted by molar-refractivity contribution is 9.10. The van der Waals surface area contributed by atoms with Gasteiger partial charge < -0.3 is 5.32 Å². The van der Waals surface area contributed by atoms with Gasteiger partial charge in [-0.3, -0.25) is 0 Å². The summed E-state index contributed by atoms with van der Waals surface area (Å²) < 4.78 is 1.18. The van der Waals surface area contributed by atoms with Crippen molar-refractivity contribution < 1.29 is 0 Å². The molecule has 2 aromatic carbocycles. The Morgan fingerprint density at radius 3 is 2.89 bits per heavy atom. The molecular formula is C17H16BrN. The van der Waals surface area contributed by atoms with Crippen LogP contribution >= 0.6 is 15.9 Å². The topological polar surface area (TPSA) is 12.0 Å². The fraction of sp³-hybridized carbons (Fsp3) is 0.294. The Bertz CT molecular complexity index is 664. The molecule has 0 saturated carbocycles. The molecule has 0 spiro atoms. The molecule has 19 heavy (non-hydrogen) atoms. The number of fused-ring (bicyclic) bond motifs is 1. The maximum Gasteiger partial charge on any atom is 0.0364 e. The number of hydrogen-bond acceptors (Lipinski definition) is 1. The third-order valence-electron chi connectivity index (χ3n) is 4.72. The summed E-state index contributed by atoms with van der Waals surface area (Å²) in [5, 5.41) is 3.73. The van der Waals surface area contributed by atoms with E-state index < -0.39 is 0 Å². The van der Waals surface area contributed by atoms with Gasteiger partial charge in [-0.15, -0.1) is 0 Å². The van der Waals surface area contributed by atoms with Gasteiger partial charge in [-0.1, -0.05) is 53.2 Å². The molecule has 1 nitrogen and oxygen atoms in total. The van der Waals surface area contributed by atoms with E-state index in [1.165, 1.54) is 26.7 Å². The Morgan fingerprint density at radius 2 is 2.00 bits per heavy atom. The van der Waals surface area contributed by atoms with Crippen LogP contribution in [0, 0.1) is 0 Å². The van der Waals surface area contributed by atoms with Crippen molar-refractivity contribution >= 4 is 15.9 Å². The highest BCUT2D eigenvalue weighted by Gasteiger charge is 2.41. The van der Waals surface area contributed by atoms with Gasteiger partial charge in [0.25, 0.3) is 0 Å². The lowest BCUT2D eigenvalue weighted by molar-refractivity contribution is 0.425. The number of hydrogen-bond donors (Lipinski definition) is 1. The molecule has 1 N–H and O–H groups in total. The molecule has 0 amide bonds. The second-order valence-electron chi connectivity index (χ2n) is 5.86. The lowest BCUT2D eigenvalue weighted by atomic mass is 9.72. The molecule has 2 unspecified atom stereocenters. The highest BCUT2D eigenvalue weighted by atomic mass is 79.9. The normalized spacial score (nSPS) is 27.6. The smallest absolute Gasteiger partial charge is 0.0364 e. The van der Waals surface area contributed by atoms with Crippen molar-refractivity contribution in [2.24, 2.45) is 0 Å². The fourth-order valence-corrected chi connectivity index (χ4v) is 4.08. The molecule has 2 aromatic rings. The summed E-state index contributed by atoms with van der Waals surface area (Å²) in [7, 11) is 0. The van der Waals surface area contributed by atoms with Crippen LogP contribution in [0.25, 0.3) is 0 Å². The van der Waals surface area contributed by atoms with E-state index in [4.69, 9.17) is 0 Å². The largest absolute Gasteiger partial charge is 0.308 e. The van der Waals surface area contributed by atoms with Crippen LogP contribution in [0.5, 0.6) is 0 Å². The Morgan fingerprint density at radius 1 is 1.16 bits per heavy atom. The van der Waals surface area contributed by atoms with E-state index in [0.717, 1.165) is 13.0 Å². The third-order valence-corrected chi connectivity index (χ3v) is 5.22. The number of halogens is 1. The summed E-state index contributed by atoms with van der Waals surface area (Å²) in [6, 6.07) is 16.1. The lowest BCUT2D eigenvalue weighted by Gasteiger charge is -2.37. The van der Waals surface area contributed by atoms with Crippen molar-refractivity contribution in [3.63, 3.8) is 0 Å². The minimum atomic E-state index is 0.0860. The van der Waals surface area contributed by atoms with Gasteiger partial charge in [0.15, 0.2) is 0 Å². The number of nitrogens with one attached hydrogen (secondary N) is 1. The van der Waals surface area contributed by atoms with Crippen molar-refractivity contribution in [3.8, 4) is 0 Å². The van der Waals surface area contributed by atoms with E-state index in [0.29, 0.717) is 6.04 Å². The zero-order valence-corrected chi connectivity index (χ0v) is 12.5. The van der Waals surface area contributed by atoms with Crippen LogP contribution in [0.2, 0.25) is 0 Å². The summed E-state index contributed by atoms with van der Waals surface area (Å²) in [6.45, 7) is 3.39. The first kappa shape index (κ1) is 11.7. The first-order valence-corrected chi connectivity index (χ1v) is 7.59. The van der Waals surface area contributed by atoms with Gasteiger partial charge >= 0.3 is 0 Å². The average molecular weight is 314 g/mol. The predicted molar refractivity (Wildman–Crippen MR) is 81.5 cm³/mol. The molecule has 5 rings (SSSR count). The average Bonchev–Trinajstić information content (AvgIpc) is 2.63. The quantitative estimate of drug-likeness (QED) is 0.776. The van der Waals surface area contributed by atoms with Crippen LogP contribution < -0.4 is 5.32 Å². The van der Waals surface area contributed by atoms with Crippen LogP contribution in [0.15, 0.2) is 46.9 Å². The van der Waals surface area contributed by atoms with Gasteiger partial charge in [0.1, 0.15) is 0 Å². The maximum absolute atomic E-state index is 3.73. The second kappa shape index (κ2) is 3.94. The summed E-state index contributed by atoms with van der Waals surface area (Å²) in [6.07, 6.45) is 1.09. The molecule has 2 heterocycles. The van der Waals surface area contributed by atoms with E-state index in [2.05, 4.69) is 70.6 Å². The lowest BCUT2D eigenvalue weighted by Crippen LogP contribution is -2.42. The van der Waals surface area contributed by atoms with Crippen LogP contribution in [0.4, 0.5) is 0 Å². The molecule has 0 aromatic heterocycles. The summed E-state index contributed by atoms with van der Waals surface area (Å²) in [4.78, 5) is 0. The summed E-state index contributed by atoms with van der Waals surface area (Å²) in [5.41, 5.74) is 6.01. The molecular weight excluding hydrogens is 298 g/mol. The van der Waals surface area contributed by atoms with Gasteiger partial charge in [-0.05, 0) is 40.8 Å². The standard InChI is InChI=1S/C17H16BrN/c1-17-10-19-16(13-4-2-3-5-14(13)17)8-11-6-7-12(18)9-15(11)17/h2-7,9,16,19H,8,10H2,1H3. The zero-order valence-electron chi connectivity index (χ0n) is 10.9. The summed E-state index contributed by atoms with van der Waals surface area (Å²) in [5.74, 6) is 0. The van der Waals surface area contributed by atoms with Crippen LogP contribution in [0.1, 0.15) is 35.2 Å². The van der Waals surface area contributed by atoms with Crippen LogP contribution in [-0.2, 0) is 11.8 Å². The fourth-order valence-electron chi connectivity index (χ4n) is 3.72. The van der Waals surface area contributed by atoms with Crippen molar-refractivity contribution in [2.45, 2.75) is 24.8 Å². The van der Waals surface area contributed by atoms with Gasteiger partial charge in [0, 0.05) is 22.5 Å². The van der Waals surface area contributed by atoms with Crippen molar-refractivity contribution in [2.75, 3.05) is 6.54 Å². The first-order chi connectivity index (χ1) is 9.18. The van der Waals surface area contributed by atoms with Crippen LogP contribution in [0.3, 0.4) is 0 Å². The minimum Gasteiger partial charge on any atom is -0.308 e. The Balaban J connectivity index is 2.06. The SMILES string of the molecule is CC12CNC(Cc3ccc(Br)cc31)c1ccccc12. The van der Waals surface area contributed by atoms with Crippen LogP contribution in [-0.4, -0.2) is 6.54 Å². The van der Waals surface area contributed by atoms with E-state index in [9.17, 15) is 0 Å². The molecule has 2 heteroatoms. The maximum atomic E-state index is 3.73. The first-order valence-electron chi connectivity index (χ1n) is 6.80. The van der Waals surface area contributed by atoms with Gasteiger partial charge in [-0.2, -0.15) is 0 Å². The van der Waals surface area contributed by atoms with Gasteiger partial charge in [0.2, 0.25) is 0 Å². The monoisotopic (exact) mass is 313 g/mol. The van der Waals surface area contributed by atoms with E-state index >= 15 is 0 Å². The minimum absolute atomic E-state index is 0.0860. The molecule has 2 bridgehead atoms. The zero-order chi connectivity index (χ0) is 13.0. The van der Waals surface area contributed by atoms with Gasteiger partial charge in [-0.25, -0.2) is 0 Å². The molecule has 1 aliphatic carbocycles. The second-order valence-corrected chi connectivity index (χ2v) is 6.77. The van der Waals surface area contributed by atoms with Crippen molar-refractivity contribution in [1.82, 2.24) is 5.32 Å². The number of benzene rings is 2. The molecule has 0 radical (unpaired) electrons. The molecule has 96 valence electrons. The Kier molecular flexibility index (Phi) is 2.42. The van der Waals surface area contributed by atoms with Gasteiger partial charge in [0.05, 0.1) is 0 Å².